The van der Waals surface area contributed by atoms with Crippen molar-refractivity contribution in [2.75, 3.05) is 16.8 Å². The summed E-state index contributed by atoms with van der Waals surface area (Å²) in [5.41, 5.74) is 8.02. The van der Waals surface area contributed by atoms with Gasteiger partial charge in [0.15, 0.2) is 0 Å². The molecule has 0 bridgehead atoms. The predicted octanol–water partition coefficient (Wildman–Crippen LogP) is 3.96. The number of carbonyl (C=O) groups is 1. The zero-order valence-electron chi connectivity index (χ0n) is 11.0. The van der Waals surface area contributed by atoms with Crippen molar-refractivity contribution in [3.63, 3.8) is 0 Å². The van der Waals surface area contributed by atoms with E-state index in [2.05, 4.69) is 5.32 Å². The summed E-state index contributed by atoms with van der Waals surface area (Å²) in [5, 5.41) is 3.47. The minimum absolute atomic E-state index is 0.0632. The second kappa shape index (κ2) is 6.68. The molecule has 104 valence electrons. The Kier molecular flexibility index (Phi) is 4.93. The summed E-state index contributed by atoms with van der Waals surface area (Å²) in [6, 6.07) is 12.9. The molecule has 0 aliphatic heterocycles. The number of anilines is 2. The molecule has 1 amide bonds. The standard InChI is InChI=1S/C15H15ClN2OS/c1-10-2-5-12(8-14(10)16)18-15(19)9-20-13-6-3-11(17)4-7-13/h2-8H,9,17H2,1H3,(H,18,19). The first-order valence-corrected chi connectivity index (χ1v) is 7.45. The maximum absolute atomic E-state index is 11.8. The molecule has 2 aromatic carbocycles. The van der Waals surface area contributed by atoms with Crippen LogP contribution in [-0.4, -0.2) is 11.7 Å². The molecular weight excluding hydrogens is 292 g/mol. The smallest absolute Gasteiger partial charge is 0.234 e. The number of benzene rings is 2. The zero-order chi connectivity index (χ0) is 14.5. The van der Waals surface area contributed by atoms with Crippen molar-refractivity contribution in [1.29, 1.82) is 0 Å². The van der Waals surface area contributed by atoms with Crippen LogP contribution in [0.25, 0.3) is 0 Å². The third-order valence-electron chi connectivity index (χ3n) is 2.71. The highest BCUT2D eigenvalue weighted by molar-refractivity contribution is 8.00. The van der Waals surface area contributed by atoms with E-state index in [1.807, 2.05) is 43.3 Å². The van der Waals surface area contributed by atoms with Crippen molar-refractivity contribution in [2.24, 2.45) is 0 Å². The number of halogens is 1. The number of aryl methyl sites for hydroxylation is 1. The summed E-state index contributed by atoms with van der Waals surface area (Å²) in [5.74, 6) is 0.279. The first kappa shape index (κ1) is 14.8. The maximum Gasteiger partial charge on any atom is 0.234 e. The molecule has 2 rings (SSSR count). The van der Waals surface area contributed by atoms with Crippen molar-refractivity contribution in [3.05, 3.63) is 53.1 Å². The van der Waals surface area contributed by atoms with Gasteiger partial charge in [0, 0.05) is 21.3 Å². The molecule has 0 saturated heterocycles. The Labute approximate surface area is 127 Å². The van der Waals surface area contributed by atoms with Crippen LogP contribution >= 0.6 is 23.4 Å². The molecule has 0 fully saturated rings. The Morgan fingerprint density at radius 1 is 1.25 bits per heavy atom. The van der Waals surface area contributed by atoms with Crippen LogP contribution in [0.3, 0.4) is 0 Å². The van der Waals surface area contributed by atoms with E-state index in [-0.39, 0.29) is 5.91 Å². The number of nitrogens with two attached hydrogens (primary N) is 1. The van der Waals surface area contributed by atoms with Gasteiger partial charge in [-0.15, -0.1) is 11.8 Å². The quantitative estimate of drug-likeness (QED) is 0.664. The molecule has 3 nitrogen and oxygen atoms in total. The van der Waals surface area contributed by atoms with Crippen molar-refractivity contribution in [3.8, 4) is 0 Å². The van der Waals surface area contributed by atoms with Crippen molar-refractivity contribution in [2.45, 2.75) is 11.8 Å². The highest BCUT2D eigenvalue weighted by atomic mass is 35.5. The van der Waals surface area contributed by atoms with Crippen LogP contribution in [0.2, 0.25) is 5.02 Å². The number of amides is 1. The molecule has 0 aliphatic carbocycles. The van der Waals surface area contributed by atoms with E-state index < -0.39 is 0 Å². The molecule has 20 heavy (non-hydrogen) atoms. The van der Waals surface area contributed by atoms with Gasteiger partial charge in [0.25, 0.3) is 0 Å². The molecule has 0 heterocycles. The molecule has 0 aliphatic rings. The molecule has 2 aromatic rings. The number of carbonyl (C=O) groups excluding carboxylic acids is 1. The van der Waals surface area contributed by atoms with Gasteiger partial charge < -0.3 is 11.1 Å². The Morgan fingerprint density at radius 2 is 1.95 bits per heavy atom. The Bertz CT molecular complexity index is 614. The second-order valence-corrected chi connectivity index (χ2v) is 5.83. The van der Waals surface area contributed by atoms with Gasteiger partial charge in [-0.05, 0) is 48.9 Å². The first-order valence-electron chi connectivity index (χ1n) is 6.09. The number of hydrogen-bond donors (Lipinski definition) is 2. The molecule has 5 heteroatoms. The molecule has 0 radical (unpaired) electrons. The first-order chi connectivity index (χ1) is 9.54. The van der Waals surface area contributed by atoms with E-state index in [1.165, 1.54) is 11.8 Å². The Hall–Kier alpha value is -1.65. The molecule has 3 N–H and O–H groups in total. The third-order valence-corrected chi connectivity index (χ3v) is 4.12. The number of nitrogen functional groups attached to an aromatic ring is 1. The molecule has 0 aromatic heterocycles. The fourth-order valence-electron chi connectivity index (χ4n) is 1.58. The summed E-state index contributed by atoms with van der Waals surface area (Å²) in [6.45, 7) is 1.92. The van der Waals surface area contributed by atoms with Crippen LogP contribution in [0.4, 0.5) is 11.4 Å². The minimum atomic E-state index is -0.0632. The van der Waals surface area contributed by atoms with Gasteiger partial charge in [0.1, 0.15) is 0 Å². The fourth-order valence-corrected chi connectivity index (χ4v) is 2.46. The van der Waals surface area contributed by atoms with E-state index in [1.54, 1.807) is 6.07 Å². The lowest BCUT2D eigenvalue weighted by Gasteiger charge is -2.07. The lowest BCUT2D eigenvalue weighted by molar-refractivity contribution is -0.113. The van der Waals surface area contributed by atoms with Gasteiger partial charge in [0.05, 0.1) is 5.75 Å². The van der Waals surface area contributed by atoms with E-state index in [0.717, 1.165) is 10.5 Å². The van der Waals surface area contributed by atoms with Crippen LogP contribution in [0.15, 0.2) is 47.4 Å². The third kappa shape index (κ3) is 4.18. The summed E-state index contributed by atoms with van der Waals surface area (Å²) in [7, 11) is 0. The normalized spacial score (nSPS) is 10.3. The highest BCUT2D eigenvalue weighted by Crippen LogP contribution is 2.22. The SMILES string of the molecule is Cc1ccc(NC(=O)CSc2ccc(N)cc2)cc1Cl. The summed E-state index contributed by atoms with van der Waals surface area (Å²) >= 11 is 7.48. The van der Waals surface area contributed by atoms with Crippen molar-refractivity contribution in [1.82, 2.24) is 0 Å². The van der Waals surface area contributed by atoms with E-state index in [4.69, 9.17) is 17.3 Å². The molecule has 0 spiro atoms. The van der Waals surface area contributed by atoms with Gasteiger partial charge >= 0.3 is 0 Å². The van der Waals surface area contributed by atoms with Crippen LogP contribution in [0, 0.1) is 6.92 Å². The Morgan fingerprint density at radius 3 is 2.60 bits per heavy atom. The fraction of sp³-hybridized carbons (Fsp3) is 0.133. The minimum Gasteiger partial charge on any atom is -0.399 e. The molecule has 0 atom stereocenters. The van der Waals surface area contributed by atoms with Crippen molar-refractivity contribution < 1.29 is 4.79 Å². The van der Waals surface area contributed by atoms with Crippen molar-refractivity contribution >= 4 is 40.6 Å². The molecule has 0 unspecified atom stereocenters. The number of nitrogens with one attached hydrogen (secondary N) is 1. The summed E-state index contributed by atoms with van der Waals surface area (Å²) in [6.07, 6.45) is 0. The summed E-state index contributed by atoms with van der Waals surface area (Å²) < 4.78 is 0. The average molecular weight is 307 g/mol. The second-order valence-electron chi connectivity index (χ2n) is 4.37. The molecular formula is C15H15ClN2OS. The Balaban J connectivity index is 1.89. The van der Waals surface area contributed by atoms with Crippen LogP contribution < -0.4 is 11.1 Å². The molecule has 0 saturated carbocycles. The number of thioether (sulfide) groups is 1. The average Bonchev–Trinajstić information content (AvgIpc) is 2.42. The lowest BCUT2D eigenvalue weighted by atomic mass is 10.2. The van der Waals surface area contributed by atoms with E-state index in [9.17, 15) is 4.79 Å². The topological polar surface area (TPSA) is 55.1 Å². The van der Waals surface area contributed by atoms with Gasteiger partial charge in [-0.2, -0.15) is 0 Å². The predicted molar refractivity (Wildman–Crippen MR) is 86.4 cm³/mol. The van der Waals surface area contributed by atoms with Crippen LogP contribution in [0.5, 0.6) is 0 Å². The monoisotopic (exact) mass is 306 g/mol. The van der Waals surface area contributed by atoms with Crippen LogP contribution in [-0.2, 0) is 4.79 Å². The van der Waals surface area contributed by atoms with E-state index >= 15 is 0 Å². The van der Waals surface area contributed by atoms with Gasteiger partial charge in [-0.25, -0.2) is 0 Å². The van der Waals surface area contributed by atoms with Crippen LogP contribution in [0.1, 0.15) is 5.56 Å². The van der Waals surface area contributed by atoms with Gasteiger partial charge in [-0.3, -0.25) is 4.79 Å². The summed E-state index contributed by atoms with van der Waals surface area (Å²) in [4.78, 5) is 12.9. The van der Waals surface area contributed by atoms with Gasteiger partial charge in [-0.1, -0.05) is 17.7 Å². The van der Waals surface area contributed by atoms with E-state index in [0.29, 0.717) is 22.2 Å². The largest absolute Gasteiger partial charge is 0.399 e. The number of hydrogen-bond acceptors (Lipinski definition) is 3. The highest BCUT2D eigenvalue weighted by Gasteiger charge is 2.05. The lowest BCUT2D eigenvalue weighted by Crippen LogP contribution is -2.13. The zero-order valence-corrected chi connectivity index (χ0v) is 12.6. The number of rotatable bonds is 4. The van der Waals surface area contributed by atoms with Gasteiger partial charge in [0.2, 0.25) is 5.91 Å². The maximum atomic E-state index is 11.8.